The highest BCUT2D eigenvalue weighted by Crippen LogP contribution is 2.16. The van der Waals surface area contributed by atoms with Crippen molar-refractivity contribution in [3.63, 3.8) is 0 Å². The molecule has 0 atom stereocenters. The number of hydrogen-bond donors (Lipinski definition) is 1. The summed E-state index contributed by atoms with van der Waals surface area (Å²) in [5, 5.41) is 4.36. The molecule has 78 valence electrons. The zero-order valence-corrected chi connectivity index (χ0v) is 8.54. The normalized spacial score (nSPS) is 10.8. The molecule has 3 aromatic rings. The number of hydrogen-bond acceptors (Lipinski definition) is 3. The predicted molar refractivity (Wildman–Crippen MR) is 62.8 cm³/mol. The maximum absolute atomic E-state index is 5.81. The summed E-state index contributed by atoms with van der Waals surface area (Å²) in [7, 11) is 0. The van der Waals surface area contributed by atoms with Crippen LogP contribution in [0.5, 0.6) is 0 Å². The van der Waals surface area contributed by atoms with Gasteiger partial charge in [-0.1, -0.05) is 36.4 Å². The number of aromatic nitrogens is 3. The lowest BCUT2D eigenvalue weighted by Crippen LogP contribution is -1.97. The van der Waals surface area contributed by atoms with Gasteiger partial charge in [0.25, 0.3) is 0 Å². The van der Waals surface area contributed by atoms with Gasteiger partial charge >= 0.3 is 0 Å². The number of fused-ring (bicyclic) bond motifs is 1. The van der Waals surface area contributed by atoms with E-state index in [1.807, 2.05) is 42.5 Å². The first-order valence-corrected chi connectivity index (χ1v) is 5.01. The number of pyridine rings is 1. The first-order valence-electron chi connectivity index (χ1n) is 5.01. The summed E-state index contributed by atoms with van der Waals surface area (Å²) in [5.74, 6) is 1.28. The van der Waals surface area contributed by atoms with Gasteiger partial charge in [-0.05, 0) is 12.1 Å². The molecule has 0 saturated carbocycles. The van der Waals surface area contributed by atoms with Crippen LogP contribution in [0.2, 0.25) is 0 Å². The standard InChI is InChI=1S/C12H10N4/c13-10-7-4-8-11-14-12(15-16(10)11)9-5-2-1-3-6-9/h1-8H,13H2. The van der Waals surface area contributed by atoms with Crippen LogP contribution < -0.4 is 5.73 Å². The van der Waals surface area contributed by atoms with E-state index in [1.54, 1.807) is 10.6 Å². The molecule has 0 spiro atoms. The molecule has 0 saturated heterocycles. The Hall–Kier alpha value is -2.36. The van der Waals surface area contributed by atoms with Crippen LogP contribution in [0.15, 0.2) is 48.5 Å². The summed E-state index contributed by atoms with van der Waals surface area (Å²) in [6, 6.07) is 15.4. The van der Waals surface area contributed by atoms with Gasteiger partial charge in [-0.2, -0.15) is 4.52 Å². The van der Waals surface area contributed by atoms with Crippen molar-refractivity contribution >= 4 is 11.5 Å². The number of nitrogens with two attached hydrogens (primary N) is 1. The van der Waals surface area contributed by atoms with Gasteiger partial charge in [-0.25, -0.2) is 4.98 Å². The third kappa shape index (κ3) is 1.32. The Morgan fingerprint density at radius 1 is 0.938 bits per heavy atom. The van der Waals surface area contributed by atoms with E-state index in [2.05, 4.69) is 10.1 Å². The minimum Gasteiger partial charge on any atom is -0.384 e. The Balaban J connectivity index is 2.23. The quantitative estimate of drug-likeness (QED) is 0.668. The van der Waals surface area contributed by atoms with E-state index < -0.39 is 0 Å². The van der Waals surface area contributed by atoms with Gasteiger partial charge in [0.2, 0.25) is 0 Å². The van der Waals surface area contributed by atoms with Crippen LogP contribution >= 0.6 is 0 Å². The highest BCUT2D eigenvalue weighted by atomic mass is 15.3. The average Bonchev–Trinajstić information content (AvgIpc) is 2.76. The van der Waals surface area contributed by atoms with Crippen LogP contribution in [0.3, 0.4) is 0 Å². The molecule has 3 rings (SSSR count). The molecule has 1 aromatic carbocycles. The highest BCUT2D eigenvalue weighted by Gasteiger charge is 2.06. The number of anilines is 1. The first-order chi connectivity index (χ1) is 7.84. The fourth-order valence-electron chi connectivity index (χ4n) is 1.63. The van der Waals surface area contributed by atoms with Crippen molar-refractivity contribution in [1.82, 2.24) is 14.6 Å². The van der Waals surface area contributed by atoms with Crippen molar-refractivity contribution < 1.29 is 0 Å². The highest BCUT2D eigenvalue weighted by molar-refractivity contribution is 5.59. The van der Waals surface area contributed by atoms with Crippen molar-refractivity contribution in [3.05, 3.63) is 48.5 Å². The van der Waals surface area contributed by atoms with Crippen molar-refractivity contribution in [3.8, 4) is 11.4 Å². The summed E-state index contributed by atoms with van der Waals surface area (Å²) in [6.07, 6.45) is 0. The number of benzene rings is 1. The minimum atomic E-state index is 0.590. The van der Waals surface area contributed by atoms with Crippen LogP contribution in [0.1, 0.15) is 0 Å². The fourth-order valence-corrected chi connectivity index (χ4v) is 1.63. The molecule has 2 heterocycles. The van der Waals surface area contributed by atoms with Crippen molar-refractivity contribution in [2.45, 2.75) is 0 Å². The second-order valence-electron chi connectivity index (χ2n) is 3.52. The van der Waals surface area contributed by atoms with Crippen molar-refractivity contribution in [2.24, 2.45) is 0 Å². The van der Waals surface area contributed by atoms with E-state index in [4.69, 9.17) is 5.73 Å². The smallest absolute Gasteiger partial charge is 0.182 e. The molecule has 16 heavy (non-hydrogen) atoms. The Morgan fingerprint density at radius 2 is 1.75 bits per heavy atom. The topological polar surface area (TPSA) is 56.2 Å². The largest absolute Gasteiger partial charge is 0.384 e. The zero-order valence-electron chi connectivity index (χ0n) is 8.54. The maximum atomic E-state index is 5.81. The van der Waals surface area contributed by atoms with Crippen LogP contribution in [0, 0.1) is 0 Å². The molecule has 0 radical (unpaired) electrons. The number of rotatable bonds is 1. The lowest BCUT2D eigenvalue weighted by molar-refractivity contribution is 0.978. The Labute approximate surface area is 92.4 Å². The van der Waals surface area contributed by atoms with Crippen LogP contribution in [0.25, 0.3) is 17.0 Å². The lowest BCUT2D eigenvalue weighted by atomic mass is 10.2. The van der Waals surface area contributed by atoms with Gasteiger partial charge in [-0.3, -0.25) is 0 Å². The van der Waals surface area contributed by atoms with E-state index in [-0.39, 0.29) is 0 Å². The van der Waals surface area contributed by atoms with Gasteiger partial charge in [0.05, 0.1) is 0 Å². The van der Waals surface area contributed by atoms with E-state index in [1.165, 1.54) is 0 Å². The summed E-state index contributed by atoms with van der Waals surface area (Å²) in [4.78, 5) is 4.42. The van der Waals surface area contributed by atoms with E-state index >= 15 is 0 Å². The second-order valence-corrected chi connectivity index (χ2v) is 3.52. The molecule has 2 N–H and O–H groups in total. The lowest BCUT2D eigenvalue weighted by Gasteiger charge is -1.94. The van der Waals surface area contributed by atoms with Gasteiger partial charge in [0.15, 0.2) is 11.5 Å². The molecule has 2 aromatic heterocycles. The van der Waals surface area contributed by atoms with E-state index in [0.29, 0.717) is 11.6 Å². The predicted octanol–water partition coefficient (Wildman–Crippen LogP) is 1.98. The molecule has 0 aliphatic rings. The molecule has 4 heteroatoms. The summed E-state index contributed by atoms with van der Waals surface area (Å²) < 4.78 is 1.64. The summed E-state index contributed by atoms with van der Waals surface area (Å²) >= 11 is 0. The molecule has 0 bridgehead atoms. The zero-order chi connectivity index (χ0) is 11.0. The Kier molecular flexibility index (Phi) is 1.86. The van der Waals surface area contributed by atoms with Crippen molar-refractivity contribution in [2.75, 3.05) is 5.73 Å². The molecule has 0 amide bonds. The third-order valence-corrected chi connectivity index (χ3v) is 2.42. The van der Waals surface area contributed by atoms with Crippen LogP contribution in [0.4, 0.5) is 5.82 Å². The molecule has 0 aliphatic carbocycles. The van der Waals surface area contributed by atoms with Gasteiger partial charge in [0.1, 0.15) is 5.82 Å². The first kappa shape index (κ1) is 8.91. The van der Waals surface area contributed by atoms with Crippen LogP contribution in [-0.4, -0.2) is 14.6 Å². The summed E-state index contributed by atoms with van der Waals surface area (Å²) in [6.45, 7) is 0. The molecule has 4 nitrogen and oxygen atoms in total. The van der Waals surface area contributed by atoms with E-state index in [9.17, 15) is 0 Å². The average molecular weight is 210 g/mol. The third-order valence-electron chi connectivity index (χ3n) is 2.42. The molecular weight excluding hydrogens is 200 g/mol. The number of nitrogens with zero attached hydrogens (tertiary/aromatic N) is 3. The monoisotopic (exact) mass is 210 g/mol. The van der Waals surface area contributed by atoms with Gasteiger partial charge < -0.3 is 5.73 Å². The number of nitrogen functional groups attached to an aromatic ring is 1. The SMILES string of the molecule is Nc1cccc2nc(-c3ccccc3)nn12. The van der Waals surface area contributed by atoms with E-state index in [0.717, 1.165) is 11.2 Å². The van der Waals surface area contributed by atoms with Crippen LogP contribution in [-0.2, 0) is 0 Å². The molecular formula is C12H10N4. The second kappa shape index (κ2) is 3.34. The maximum Gasteiger partial charge on any atom is 0.182 e. The minimum absolute atomic E-state index is 0.590. The fraction of sp³-hybridized carbons (Fsp3) is 0. The van der Waals surface area contributed by atoms with Crippen molar-refractivity contribution in [1.29, 1.82) is 0 Å². The Morgan fingerprint density at radius 3 is 2.50 bits per heavy atom. The summed E-state index contributed by atoms with van der Waals surface area (Å²) in [5.41, 5.74) is 7.56. The Bertz CT molecular complexity index is 628. The van der Waals surface area contributed by atoms with Gasteiger partial charge in [-0.15, -0.1) is 5.10 Å². The molecule has 0 aliphatic heterocycles. The molecule has 0 unspecified atom stereocenters. The van der Waals surface area contributed by atoms with Gasteiger partial charge in [0, 0.05) is 5.56 Å². The molecule has 0 fully saturated rings.